The monoisotopic (exact) mass is 429 g/mol. The Labute approximate surface area is 178 Å². The van der Waals surface area contributed by atoms with Gasteiger partial charge in [-0.25, -0.2) is 0 Å². The molecular formula is C23H22F3N3O2. The van der Waals surface area contributed by atoms with E-state index in [0.29, 0.717) is 43.1 Å². The second-order valence-electron chi connectivity index (χ2n) is 7.34. The molecule has 0 radical (unpaired) electrons. The highest BCUT2D eigenvalue weighted by molar-refractivity contribution is 5.64. The highest BCUT2D eigenvalue weighted by Gasteiger charge is 2.33. The number of alkyl halides is 3. The summed E-state index contributed by atoms with van der Waals surface area (Å²) in [6.07, 6.45) is -0.621. The van der Waals surface area contributed by atoms with Gasteiger partial charge in [-0.2, -0.15) is 13.2 Å². The molecule has 4 rings (SSSR count). The minimum atomic E-state index is -4.46. The number of rotatable bonds is 5. The molecule has 1 fully saturated rings. The number of hydrogen-bond donors (Lipinski definition) is 1. The molecule has 2 atom stereocenters. The molecule has 3 aromatic rings. The van der Waals surface area contributed by atoms with E-state index < -0.39 is 23.9 Å². The summed E-state index contributed by atoms with van der Waals surface area (Å²) in [5.74, 6) is 0. The fourth-order valence-corrected chi connectivity index (χ4v) is 3.91. The Kier molecular flexibility index (Phi) is 6.31. The molecule has 0 aliphatic carbocycles. The van der Waals surface area contributed by atoms with Gasteiger partial charge in [0.05, 0.1) is 30.5 Å². The number of halogens is 3. The lowest BCUT2D eigenvalue weighted by Crippen LogP contribution is -2.41. The topological polar surface area (TPSA) is 58.5 Å². The predicted octanol–water partition coefficient (Wildman–Crippen LogP) is 4.27. The number of ether oxygens (including phenoxy) is 1. The number of aliphatic hydroxyl groups excluding tert-OH is 1. The number of morpholine rings is 1. The molecule has 0 saturated carbocycles. The summed E-state index contributed by atoms with van der Waals surface area (Å²) in [5.41, 5.74) is 1.14. The van der Waals surface area contributed by atoms with Crippen LogP contribution in [0.15, 0.2) is 67.1 Å². The van der Waals surface area contributed by atoms with E-state index in [9.17, 15) is 18.3 Å². The molecule has 2 aromatic heterocycles. The van der Waals surface area contributed by atoms with E-state index in [4.69, 9.17) is 4.74 Å². The largest absolute Gasteiger partial charge is 0.416 e. The van der Waals surface area contributed by atoms with Crippen LogP contribution in [-0.2, 0) is 10.9 Å². The normalized spacial score (nSPS) is 17.3. The Morgan fingerprint density at radius 3 is 2.48 bits per heavy atom. The molecule has 162 valence electrons. The third kappa shape index (κ3) is 4.76. The zero-order valence-electron chi connectivity index (χ0n) is 16.7. The minimum Gasteiger partial charge on any atom is -0.386 e. The number of nitrogens with zero attached hydrogens (tertiary/aromatic N) is 3. The van der Waals surface area contributed by atoms with Gasteiger partial charge < -0.3 is 9.84 Å². The Balaban J connectivity index is 1.76. The Bertz CT molecular complexity index is 1010. The molecule has 31 heavy (non-hydrogen) atoms. The third-order valence-corrected chi connectivity index (χ3v) is 5.38. The van der Waals surface area contributed by atoms with Crippen LogP contribution in [0.5, 0.6) is 0 Å². The summed E-state index contributed by atoms with van der Waals surface area (Å²) in [4.78, 5) is 10.6. The van der Waals surface area contributed by atoms with Gasteiger partial charge in [-0.05, 0) is 29.8 Å². The summed E-state index contributed by atoms with van der Waals surface area (Å²) in [6, 6.07) is 11.6. The molecule has 0 amide bonds. The summed E-state index contributed by atoms with van der Waals surface area (Å²) in [7, 11) is 0. The Morgan fingerprint density at radius 2 is 1.77 bits per heavy atom. The van der Waals surface area contributed by atoms with Crippen molar-refractivity contribution in [2.24, 2.45) is 0 Å². The number of aromatic nitrogens is 2. The fourth-order valence-electron chi connectivity index (χ4n) is 3.91. The van der Waals surface area contributed by atoms with E-state index in [1.54, 1.807) is 36.7 Å². The molecular weight excluding hydrogens is 407 g/mol. The highest BCUT2D eigenvalue weighted by Crippen LogP contribution is 2.39. The van der Waals surface area contributed by atoms with Crippen molar-refractivity contribution in [1.82, 2.24) is 14.9 Å². The smallest absolute Gasteiger partial charge is 0.386 e. The van der Waals surface area contributed by atoms with Gasteiger partial charge in [-0.15, -0.1) is 0 Å². The lowest BCUT2D eigenvalue weighted by atomic mass is 9.92. The van der Waals surface area contributed by atoms with E-state index in [2.05, 4.69) is 14.9 Å². The van der Waals surface area contributed by atoms with E-state index in [0.717, 1.165) is 17.7 Å². The van der Waals surface area contributed by atoms with Crippen LogP contribution in [0.4, 0.5) is 13.2 Å². The summed E-state index contributed by atoms with van der Waals surface area (Å²) >= 11 is 0. The van der Waals surface area contributed by atoms with Crippen molar-refractivity contribution in [3.05, 3.63) is 83.8 Å². The molecule has 1 aromatic carbocycles. The summed E-state index contributed by atoms with van der Waals surface area (Å²) in [6.45, 7) is 2.32. The van der Waals surface area contributed by atoms with Crippen LogP contribution in [0.25, 0.3) is 11.3 Å². The lowest BCUT2D eigenvalue weighted by molar-refractivity contribution is -0.137. The molecule has 3 heterocycles. The van der Waals surface area contributed by atoms with Crippen molar-refractivity contribution in [2.75, 3.05) is 26.3 Å². The number of aliphatic hydroxyl groups is 1. The van der Waals surface area contributed by atoms with Crippen LogP contribution >= 0.6 is 0 Å². The zero-order valence-corrected chi connectivity index (χ0v) is 16.7. The van der Waals surface area contributed by atoms with Crippen LogP contribution in [0, 0.1) is 0 Å². The first-order valence-electron chi connectivity index (χ1n) is 9.97. The van der Waals surface area contributed by atoms with Crippen LogP contribution in [0.1, 0.15) is 28.8 Å². The fraction of sp³-hybridized carbons (Fsp3) is 0.304. The van der Waals surface area contributed by atoms with Crippen LogP contribution in [0.3, 0.4) is 0 Å². The first kappa shape index (κ1) is 21.4. The van der Waals surface area contributed by atoms with Gasteiger partial charge in [0.25, 0.3) is 0 Å². The van der Waals surface area contributed by atoms with Crippen molar-refractivity contribution in [2.45, 2.75) is 18.3 Å². The van der Waals surface area contributed by atoms with E-state index in [1.165, 1.54) is 12.3 Å². The third-order valence-electron chi connectivity index (χ3n) is 5.38. The number of hydrogen-bond acceptors (Lipinski definition) is 5. The molecule has 1 aliphatic heterocycles. The zero-order chi connectivity index (χ0) is 21.8. The molecule has 5 nitrogen and oxygen atoms in total. The summed E-state index contributed by atoms with van der Waals surface area (Å²) in [5, 5.41) is 11.5. The summed E-state index contributed by atoms with van der Waals surface area (Å²) < 4.78 is 45.2. The molecule has 1 aliphatic rings. The maximum absolute atomic E-state index is 13.2. The van der Waals surface area contributed by atoms with E-state index >= 15 is 0 Å². The average Bonchev–Trinajstić information content (AvgIpc) is 2.80. The first-order chi connectivity index (χ1) is 14.9. The number of benzene rings is 1. The second kappa shape index (κ2) is 9.13. The van der Waals surface area contributed by atoms with Crippen LogP contribution in [0.2, 0.25) is 0 Å². The Hall–Kier alpha value is -2.81. The van der Waals surface area contributed by atoms with Crippen molar-refractivity contribution in [3.8, 4) is 11.3 Å². The quantitative estimate of drug-likeness (QED) is 0.657. The SMILES string of the molecule is OC(c1cccnc1-c1cccc(C(F)(F)F)c1)C(c1cccnc1)N1CCOCC1. The van der Waals surface area contributed by atoms with E-state index in [1.807, 2.05) is 6.07 Å². The standard InChI is InChI=1S/C23H22F3N3O2/c24-23(25,26)18-6-1-4-16(14-18)20-19(7-3-9-28-20)22(30)21(17-5-2-8-27-15-17)29-10-12-31-13-11-29/h1-9,14-15,21-22,30H,10-13H2. The number of pyridine rings is 2. The maximum atomic E-state index is 13.2. The van der Waals surface area contributed by atoms with Crippen LogP contribution < -0.4 is 0 Å². The van der Waals surface area contributed by atoms with Gasteiger partial charge in [0, 0.05) is 42.8 Å². The molecule has 1 saturated heterocycles. The first-order valence-corrected chi connectivity index (χ1v) is 9.97. The van der Waals surface area contributed by atoms with Crippen molar-refractivity contribution in [1.29, 1.82) is 0 Å². The van der Waals surface area contributed by atoms with Crippen molar-refractivity contribution in [3.63, 3.8) is 0 Å². The van der Waals surface area contributed by atoms with Gasteiger partial charge in [-0.1, -0.05) is 24.3 Å². The minimum absolute atomic E-state index is 0.302. The van der Waals surface area contributed by atoms with Crippen molar-refractivity contribution >= 4 is 0 Å². The average molecular weight is 429 g/mol. The van der Waals surface area contributed by atoms with E-state index in [-0.39, 0.29) is 0 Å². The molecule has 0 bridgehead atoms. The van der Waals surface area contributed by atoms with Gasteiger partial charge >= 0.3 is 6.18 Å². The molecule has 0 spiro atoms. The molecule has 8 heteroatoms. The lowest BCUT2D eigenvalue weighted by Gasteiger charge is -2.37. The second-order valence-corrected chi connectivity index (χ2v) is 7.34. The maximum Gasteiger partial charge on any atom is 0.416 e. The van der Waals surface area contributed by atoms with Gasteiger partial charge in [0.2, 0.25) is 0 Å². The van der Waals surface area contributed by atoms with Gasteiger partial charge in [0.15, 0.2) is 0 Å². The van der Waals surface area contributed by atoms with Crippen molar-refractivity contribution < 1.29 is 23.0 Å². The van der Waals surface area contributed by atoms with Crippen LogP contribution in [-0.4, -0.2) is 46.3 Å². The van der Waals surface area contributed by atoms with Gasteiger partial charge in [0.1, 0.15) is 6.10 Å². The predicted molar refractivity (Wildman–Crippen MR) is 109 cm³/mol. The Morgan fingerprint density at radius 1 is 1.00 bits per heavy atom. The highest BCUT2D eigenvalue weighted by atomic mass is 19.4. The van der Waals surface area contributed by atoms with Gasteiger partial charge in [-0.3, -0.25) is 14.9 Å². The molecule has 2 unspecified atom stereocenters. The molecule has 1 N–H and O–H groups in total.